The summed E-state index contributed by atoms with van der Waals surface area (Å²) in [4.78, 5) is 23.1. The molecule has 0 heterocycles. The number of carbonyl (C=O) groups excluding carboxylic acids is 1. The first-order valence-electron chi connectivity index (χ1n) is 8.25. The second-order valence-electron chi connectivity index (χ2n) is 7.07. The Bertz CT molecular complexity index is 378. The first kappa shape index (κ1) is 16.1. The number of carboxylic acids is 1. The van der Waals surface area contributed by atoms with Gasteiger partial charge in [-0.3, -0.25) is 4.79 Å². The highest BCUT2D eigenvalue weighted by molar-refractivity contribution is 5.74. The number of nitrogens with one attached hydrogen (secondary N) is 2. The molecule has 2 saturated carbocycles. The van der Waals surface area contributed by atoms with Gasteiger partial charge in [0.15, 0.2) is 0 Å². The number of urea groups is 1. The van der Waals surface area contributed by atoms with Crippen LogP contribution < -0.4 is 10.6 Å². The first-order chi connectivity index (χ1) is 10.0. The Labute approximate surface area is 126 Å². The van der Waals surface area contributed by atoms with Crippen LogP contribution in [-0.2, 0) is 4.79 Å². The summed E-state index contributed by atoms with van der Waals surface area (Å²) >= 11 is 0. The number of carbonyl (C=O) groups is 2. The van der Waals surface area contributed by atoms with Gasteiger partial charge in [-0.2, -0.15) is 0 Å². The lowest BCUT2D eigenvalue weighted by atomic mass is 9.79. The molecule has 0 aliphatic heterocycles. The highest BCUT2D eigenvalue weighted by atomic mass is 16.4. The number of carboxylic acid groups (broad SMARTS) is 1. The van der Waals surface area contributed by atoms with Gasteiger partial charge in [0.2, 0.25) is 0 Å². The zero-order valence-corrected chi connectivity index (χ0v) is 13.0. The Morgan fingerprint density at radius 2 is 1.76 bits per heavy atom. The van der Waals surface area contributed by atoms with E-state index >= 15 is 0 Å². The van der Waals surface area contributed by atoms with Gasteiger partial charge in [0.05, 0.1) is 5.92 Å². The van der Waals surface area contributed by atoms with Gasteiger partial charge >= 0.3 is 12.0 Å². The quantitative estimate of drug-likeness (QED) is 0.730. The molecule has 0 bridgehead atoms. The number of rotatable bonds is 5. The average molecular weight is 296 g/mol. The maximum absolute atomic E-state index is 11.9. The molecule has 2 rings (SSSR count). The highest BCUT2D eigenvalue weighted by Gasteiger charge is 2.31. The molecule has 0 spiro atoms. The summed E-state index contributed by atoms with van der Waals surface area (Å²) in [5, 5.41) is 15.0. The van der Waals surface area contributed by atoms with Gasteiger partial charge in [0.25, 0.3) is 0 Å². The van der Waals surface area contributed by atoms with Crippen LogP contribution in [0.2, 0.25) is 0 Å². The third-order valence-electron chi connectivity index (χ3n) is 5.24. The Kier molecular flexibility index (Phi) is 5.48. The Morgan fingerprint density at radius 3 is 2.43 bits per heavy atom. The second kappa shape index (κ2) is 7.14. The van der Waals surface area contributed by atoms with E-state index in [2.05, 4.69) is 17.6 Å². The lowest BCUT2D eigenvalue weighted by molar-refractivity contribution is -0.144. The Balaban J connectivity index is 1.71. The maximum Gasteiger partial charge on any atom is 0.314 e. The summed E-state index contributed by atoms with van der Waals surface area (Å²) in [6, 6.07) is -0.155. The number of hydrogen-bond donors (Lipinski definition) is 3. The molecule has 21 heavy (non-hydrogen) atoms. The third kappa shape index (κ3) is 4.61. The van der Waals surface area contributed by atoms with Crippen LogP contribution in [0.15, 0.2) is 0 Å². The fourth-order valence-corrected chi connectivity index (χ4v) is 3.76. The van der Waals surface area contributed by atoms with Crippen LogP contribution in [0.25, 0.3) is 0 Å². The molecule has 2 unspecified atom stereocenters. The van der Waals surface area contributed by atoms with Gasteiger partial charge in [0, 0.05) is 13.1 Å². The van der Waals surface area contributed by atoms with Crippen molar-refractivity contribution < 1.29 is 14.7 Å². The minimum atomic E-state index is -0.722. The summed E-state index contributed by atoms with van der Waals surface area (Å²) in [6.45, 7) is 3.41. The van der Waals surface area contributed by atoms with Gasteiger partial charge in [0.1, 0.15) is 0 Å². The molecule has 0 aromatic carbocycles. The van der Waals surface area contributed by atoms with Gasteiger partial charge < -0.3 is 15.7 Å². The summed E-state index contributed by atoms with van der Waals surface area (Å²) < 4.78 is 0. The van der Waals surface area contributed by atoms with Crippen LogP contribution in [0.1, 0.15) is 58.3 Å². The van der Waals surface area contributed by atoms with E-state index in [1.807, 2.05) is 0 Å². The highest BCUT2D eigenvalue weighted by Crippen LogP contribution is 2.36. The smallest absolute Gasteiger partial charge is 0.314 e. The predicted octanol–water partition coefficient (Wildman–Crippen LogP) is 2.76. The number of amides is 2. The zero-order valence-electron chi connectivity index (χ0n) is 13.0. The van der Waals surface area contributed by atoms with E-state index in [4.69, 9.17) is 0 Å². The van der Waals surface area contributed by atoms with Crippen LogP contribution in [0.4, 0.5) is 4.79 Å². The Morgan fingerprint density at radius 1 is 1.10 bits per heavy atom. The van der Waals surface area contributed by atoms with E-state index in [-0.39, 0.29) is 23.3 Å². The van der Waals surface area contributed by atoms with Crippen molar-refractivity contribution in [2.45, 2.75) is 58.3 Å². The molecular formula is C16H28N2O3. The molecule has 0 aromatic rings. The largest absolute Gasteiger partial charge is 0.481 e. The molecule has 2 amide bonds. The van der Waals surface area contributed by atoms with Crippen molar-refractivity contribution in [2.75, 3.05) is 13.1 Å². The molecule has 0 aromatic heterocycles. The lowest BCUT2D eigenvalue weighted by Crippen LogP contribution is -2.44. The average Bonchev–Trinajstić information content (AvgIpc) is 2.90. The van der Waals surface area contributed by atoms with Crippen molar-refractivity contribution in [3.05, 3.63) is 0 Å². The van der Waals surface area contributed by atoms with E-state index in [9.17, 15) is 14.7 Å². The van der Waals surface area contributed by atoms with Gasteiger partial charge in [-0.05, 0) is 37.0 Å². The molecular weight excluding hydrogens is 268 g/mol. The molecule has 2 atom stereocenters. The number of hydrogen-bond acceptors (Lipinski definition) is 2. The topological polar surface area (TPSA) is 78.4 Å². The van der Waals surface area contributed by atoms with E-state index in [0.29, 0.717) is 13.1 Å². The fraction of sp³-hybridized carbons (Fsp3) is 0.875. The van der Waals surface area contributed by atoms with Crippen LogP contribution in [-0.4, -0.2) is 30.2 Å². The van der Waals surface area contributed by atoms with Crippen molar-refractivity contribution in [2.24, 2.45) is 17.3 Å². The number of aliphatic carboxylic acids is 1. The summed E-state index contributed by atoms with van der Waals surface area (Å²) in [5.41, 5.74) is 0.242. The van der Waals surface area contributed by atoms with Gasteiger partial charge in [-0.15, -0.1) is 0 Å². The van der Waals surface area contributed by atoms with E-state index in [1.165, 1.54) is 25.7 Å². The molecule has 2 fully saturated rings. The molecule has 0 radical (unpaired) electrons. The van der Waals surface area contributed by atoms with Crippen LogP contribution in [0, 0.1) is 17.3 Å². The molecule has 120 valence electrons. The lowest BCUT2D eigenvalue weighted by Gasteiger charge is -2.29. The van der Waals surface area contributed by atoms with Gasteiger partial charge in [-0.25, -0.2) is 4.79 Å². The molecule has 2 aliphatic rings. The monoisotopic (exact) mass is 296 g/mol. The van der Waals surface area contributed by atoms with Crippen LogP contribution in [0.5, 0.6) is 0 Å². The van der Waals surface area contributed by atoms with Crippen LogP contribution >= 0.6 is 0 Å². The Hall–Kier alpha value is -1.26. The summed E-state index contributed by atoms with van der Waals surface area (Å²) in [5.74, 6) is -0.948. The van der Waals surface area contributed by atoms with Crippen molar-refractivity contribution in [3.8, 4) is 0 Å². The molecule has 5 nitrogen and oxygen atoms in total. The second-order valence-corrected chi connectivity index (χ2v) is 7.07. The maximum atomic E-state index is 11.9. The summed E-state index contributed by atoms with van der Waals surface area (Å²) in [6.07, 6.45) is 8.54. The standard InChI is InChI=1S/C16H28N2O3/c1-16(8-4-5-9-16)11-18-15(21)17-10-12-6-2-3-7-13(12)14(19)20/h12-13H,2-11H2,1H3,(H,19,20)(H2,17,18,21). The fourth-order valence-electron chi connectivity index (χ4n) is 3.76. The third-order valence-corrected chi connectivity index (χ3v) is 5.24. The SMILES string of the molecule is CC1(CNC(=O)NCC2CCCCC2C(=O)O)CCCC1. The zero-order chi connectivity index (χ0) is 15.3. The molecule has 3 N–H and O–H groups in total. The van der Waals surface area contributed by atoms with Crippen molar-refractivity contribution >= 4 is 12.0 Å². The molecule has 0 saturated heterocycles. The van der Waals surface area contributed by atoms with E-state index < -0.39 is 5.97 Å². The normalized spacial score (nSPS) is 28.0. The summed E-state index contributed by atoms with van der Waals surface area (Å²) in [7, 11) is 0. The minimum Gasteiger partial charge on any atom is -0.481 e. The van der Waals surface area contributed by atoms with Crippen molar-refractivity contribution in [3.63, 3.8) is 0 Å². The van der Waals surface area contributed by atoms with Crippen LogP contribution in [0.3, 0.4) is 0 Å². The van der Waals surface area contributed by atoms with E-state index in [1.54, 1.807) is 0 Å². The van der Waals surface area contributed by atoms with Crippen molar-refractivity contribution in [1.82, 2.24) is 10.6 Å². The van der Waals surface area contributed by atoms with Crippen molar-refractivity contribution in [1.29, 1.82) is 0 Å². The van der Waals surface area contributed by atoms with E-state index in [0.717, 1.165) is 25.7 Å². The molecule has 5 heteroatoms. The molecule has 2 aliphatic carbocycles. The van der Waals surface area contributed by atoms with Gasteiger partial charge in [-0.1, -0.05) is 32.6 Å². The predicted molar refractivity (Wildman–Crippen MR) is 81.1 cm³/mol. The minimum absolute atomic E-state index is 0.0732. The first-order valence-corrected chi connectivity index (χ1v) is 8.25.